The van der Waals surface area contributed by atoms with Crippen LogP contribution in [0.25, 0.3) is 0 Å². The van der Waals surface area contributed by atoms with Crippen LogP contribution >= 0.6 is 0 Å². The van der Waals surface area contributed by atoms with E-state index in [0.717, 1.165) is 0 Å². The van der Waals surface area contributed by atoms with E-state index in [0.29, 0.717) is 6.61 Å². The number of aliphatic hydroxyl groups excluding tert-OH is 1. The fraction of sp³-hybridized carbons (Fsp3) is 1.00. The summed E-state index contributed by atoms with van der Waals surface area (Å²) in [6, 6.07) is 0. The van der Waals surface area contributed by atoms with Crippen molar-refractivity contribution in [2.75, 3.05) is 6.61 Å². The topological polar surface area (TPSA) is 66.4 Å². The second-order valence-corrected chi connectivity index (χ2v) is 29.5. The lowest BCUT2D eigenvalue weighted by Gasteiger charge is -2.37. The molecular weight excluding hydrogens is 425 g/mol. The molecule has 5 atom stereocenters. The summed E-state index contributed by atoms with van der Waals surface area (Å²) >= 11 is 0. The van der Waals surface area contributed by atoms with Gasteiger partial charge in [0.2, 0.25) is 0 Å². The minimum Gasteiger partial charge on any atom is -0.415 e. The van der Waals surface area contributed by atoms with E-state index in [4.69, 9.17) is 22.4 Å². The zero-order valence-corrected chi connectivity index (χ0v) is 24.1. The maximum atomic E-state index is 10.7. The normalized spacial score (nSPS) is 28.6. The molecule has 6 nitrogen and oxygen atoms in total. The Hall–Kier alpha value is 0.628. The van der Waals surface area contributed by atoms with Crippen molar-refractivity contribution >= 4 is 33.3 Å². The molecule has 0 saturated carbocycles. The number of aliphatic hydroxyl groups is 1. The maximum absolute atomic E-state index is 10.7. The highest BCUT2D eigenvalue weighted by Gasteiger charge is 2.52. The molecule has 1 rings (SSSR count). The zero-order chi connectivity index (χ0) is 22.1. The van der Waals surface area contributed by atoms with Crippen molar-refractivity contribution in [3.63, 3.8) is 0 Å². The van der Waals surface area contributed by atoms with Crippen molar-refractivity contribution in [3.8, 4) is 0 Å². The van der Waals surface area contributed by atoms with Gasteiger partial charge in [-0.15, -0.1) is 0 Å². The van der Waals surface area contributed by atoms with E-state index in [1.54, 1.807) is 0 Å². The van der Waals surface area contributed by atoms with Crippen LogP contribution in [0.3, 0.4) is 0 Å². The minimum absolute atomic E-state index is 0.287. The van der Waals surface area contributed by atoms with E-state index in [2.05, 4.69) is 78.6 Å². The molecule has 1 heterocycles. The van der Waals surface area contributed by atoms with Gasteiger partial charge in [-0.3, -0.25) is 0 Å². The Bertz CT molecular complexity index is 492. The fourth-order valence-corrected chi connectivity index (χ4v) is 6.95. The molecule has 1 aliphatic heterocycles. The van der Waals surface area contributed by atoms with Crippen LogP contribution in [0.4, 0.5) is 0 Å². The zero-order valence-electron chi connectivity index (χ0n) is 20.1. The third kappa shape index (κ3) is 10.1. The van der Waals surface area contributed by atoms with Gasteiger partial charge in [-0.2, -0.15) is 0 Å². The standard InChI is InChI=1S/C18H44O6Si4/c1-25(2,3)20-13-14(22-26(4,5)6)15-16(23-27(7,8)9)17(18(19)21-15)24-28(10,11)12/h14-19H,13H2,1-12H3/t14-,15+,16-,17-,18+/m0/s1. The van der Waals surface area contributed by atoms with Gasteiger partial charge < -0.3 is 27.5 Å². The molecule has 0 aromatic heterocycles. The monoisotopic (exact) mass is 468 g/mol. The van der Waals surface area contributed by atoms with Crippen LogP contribution in [-0.4, -0.2) is 75.7 Å². The van der Waals surface area contributed by atoms with E-state index in [9.17, 15) is 5.11 Å². The fourth-order valence-electron chi connectivity index (χ4n) is 3.02. The smallest absolute Gasteiger partial charge is 0.184 e. The highest BCUT2D eigenvalue weighted by atomic mass is 28.4. The highest BCUT2D eigenvalue weighted by Crippen LogP contribution is 2.33. The average molecular weight is 469 g/mol. The van der Waals surface area contributed by atoms with Gasteiger partial charge in [-0.25, -0.2) is 0 Å². The molecule has 28 heavy (non-hydrogen) atoms. The Morgan fingerprint density at radius 2 is 1.18 bits per heavy atom. The predicted molar refractivity (Wildman–Crippen MR) is 125 cm³/mol. The third-order valence-corrected chi connectivity index (χ3v) is 7.76. The van der Waals surface area contributed by atoms with Gasteiger partial charge >= 0.3 is 0 Å². The Labute approximate surface area is 176 Å². The molecule has 0 amide bonds. The molecule has 1 aliphatic rings. The molecular formula is C18H44O6Si4. The van der Waals surface area contributed by atoms with Gasteiger partial charge in [0.15, 0.2) is 39.6 Å². The lowest BCUT2D eigenvalue weighted by Crippen LogP contribution is -2.53. The quantitative estimate of drug-likeness (QED) is 0.484. The molecule has 1 saturated heterocycles. The van der Waals surface area contributed by atoms with Crippen molar-refractivity contribution in [1.29, 1.82) is 0 Å². The summed E-state index contributed by atoms with van der Waals surface area (Å²) < 4.78 is 31.5. The Morgan fingerprint density at radius 1 is 0.714 bits per heavy atom. The van der Waals surface area contributed by atoms with Crippen LogP contribution in [-0.2, 0) is 22.4 Å². The van der Waals surface area contributed by atoms with Crippen molar-refractivity contribution in [2.24, 2.45) is 0 Å². The first-order valence-corrected chi connectivity index (χ1v) is 23.9. The molecule has 0 unspecified atom stereocenters. The molecule has 0 aliphatic carbocycles. The minimum atomic E-state index is -1.91. The molecule has 10 heteroatoms. The number of hydrogen-bond acceptors (Lipinski definition) is 6. The first-order chi connectivity index (χ1) is 12.3. The van der Waals surface area contributed by atoms with Gasteiger partial charge in [-0.05, 0) is 78.6 Å². The van der Waals surface area contributed by atoms with Crippen LogP contribution in [0.2, 0.25) is 78.6 Å². The third-order valence-electron chi connectivity index (χ3n) is 3.76. The molecule has 0 bridgehead atoms. The summed E-state index contributed by atoms with van der Waals surface area (Å²) in [5.74, 6) is 0. The van der Waals surface area contributed by atoms with Gasteiger partial charge in [0.25, 0.3) is 0 Å². The van der Waals surface area contributed by atoms with E-state index < -0.39 is 51.8 Å². The lowest BCUT2D eigenvalue weighted by molar-refractivity contribution is -0.144. The van der Waals surface area contributed by atoms with E-state index in [-0.39, 0.29) is 12.2 Å². The van der Waals surface area contributed by atoms with Crippen molar-refractivity contribution < 1.29 is 27.5 Å². The van der Waals surface area contributed by atoms with Gasteiger partial charge in [-0.1, -0.05) is 0 Å². The molecule has 0 radical (unpaired) electrons. The summed E-state index contributed by atoms with van der Waals surface area (Å²) in [5, 5.41) is 10.7. The van der Waals surface area contributed by atoms with Crippen LogP contribution in [0.1, 0.15) is 0 Å². The van der Waals surface area contributed by atoms with Crippen LogP contribution < -0.4 is 0 Å². The maximum Gasteiger partial charge on any atom is 0.184 e. The molecule has 1 fully saturated rings. The van der Waals surface area contributed by atoms with Crippen LogP contribution in [0, 0.1) is 0 Å². The SMILES string of the molecule is C[Si](C)(C)OC[C@H](O[Si](C)(C)C)[C@H]1O[C@@H](O)[C@@H](O[Si](C)(C)C)[C@H]1O[Si](C)(C)C. The molecule has 0 spiro atoms. The van der Waals surface area contributed by atoms with E-state index in [1.165, 1.54) is 0 Å². The molecule has 0 aromatic rings. The summed E-state index contributed by atoms with van der Waals surface area (Å²) in [7, 11) is -7.40. The lowest BCUT2D eigenvalue weighted by atomic mass is 10.1. The molecule has 1 N–H and O–H groups in total. The van der Waals surface area contributed by atoms with Gasteiger partial charge in [0.1, 0.15) is 18.3 Å². The predicted octanol–water partition coefficient (Wildman–Crippen LogP) is 4.22. The van der Waals surface area contributed by atoms with Crippen molar-refractivity contribution in [2.45, 2.75) is 109 Å². The summed E-state index contributed by atoms with van der Waals surface area (Å²) in [5.41, 5.74) is 0. The highest BCUT2D eigenvalue weighted by molar-refractivity contribution is 6.71. The second-order valence-electron chi connectivity index (χ2n) is 11.6. The second kappa shape index (κ2) is 9.41. The number of ether oxygens (including phenoxy) is 1. The first-order valence-electron chi connectivity index (χ1n) is 10.3. The molecule has 0 aromatic carbocycles. The summed E-state index contributed by atoms with van der Waals surface area (Å²) in [6.45, 7) is 26.2. The number of hydrogen-bond donors (Lipinski definition) is 1. The van der Waals surface area contributed by atoms with Gasteiger partial charge in [0, 0.05) is 0 Å². The van der Waals surface area contributed by atoms with Gasteiger partial charge in [0.05, 0.1) is 12.7 Å². The van der Waals surface area contributed by atoms with E-state index in [1.807, 2.05) is 0 Å². The van der Waals surface area contributed by atoms with Crippen molar-refractivity contribution in [3.05, 3.63) is 0 Å². The molecule has 168 valence electrons. The Morgan fingerprint density at radius 3 is 1.57 bits per heavy atom. The van der Waals surface area contributed by atoms with Crippen LogP contribution in [0.15, 0.2) is 0 Å². The Kier molecular flexibility index (Phi) is 8.96. The summed E-state index contributed by atoms with van der Waals surface area (Å²) in [6.07, 6.45) is -2.57. The first kappa shape index (κ1) is 26.7. The largest absolute Gasteiger partial charge is 0.415 e. The van der Waals surface area contributed by atoms with Crippen molar-refractivity contribution in [1.82, 2.24) is 0 Å². The Balaban J connectivity index is 3.18. The van der Waals surface area contributed by atoms with Crippen LogP contribution in [0.5, 0.6) is 0 Å². The average Bonchev–Trinajstić information content (AvgIpc) is 2.66. The summed E-state index contributed by atoms with van der Waals surface area (Å²) in [4.78, 5) is 0. The number of rotatable bonds is 10. The van der Waals surface area contributed by atoms with E-state index >= 15 is 0 Å².